The van der Waals surface area contributed by atoms with Gasteiger partial charge in [0.1, 0.15) is 0 Å². The standard InChI is InChI=1S/C20H40NO4P.C17H33O5P.C17H33O4P.C16H35N2O2P.C16H31O6P.2C8H16O2/c1-9-18-15(6)20(17(8)24-18)25-26(21(10-2)11-3)22-12-19-14(5)13(4)16(7)23-19;1-8-15-12(4)17(14(6)21-15)22-23(7,18)19-9-16-11(3)10(2)13(5)20-16;1-8-15-12(4)17(14(6)20-15)21-22(7)18-9-16-11(3)10(2)13(5)19-16;1-8-15-13(6)16(14(7)19-15)20-21(17(9-2)10-3)18(11-4)12-5;1-9-10(2)15(20-12(9)4)8-19-23(6,18)22-16-11(3)14(7-17)21-13(16)5;1-5-6(2)8(4-9)10-7(5)3;1-4-7-5(2)8(9)6(3)10-7/h13-20H,9-12H2,1-8H3;10-17H,8-9H2,1-7H3;10-17H,8-9H2,1-7H3;13-16H,8-12H2,1-7H3;9-17H,7-8H2,1-6H3;2*5-9H,4H2,1-3H3/t13?,14?,15?,16-,17-,18+,19+,20?,26?;10?,11?,12?,13-,14-,15+,16+,17?,23?;10?,11?,12?,13-,14-,15+,16+,17?,22?;13?,14-,15+,16?;9?,10?,11?,12-,13-,14+,15+,16?,23?;5?,6?,7-,8+;5?,6-,7+,8?/m0000000/s1. The number of ether oxygens (including phenoxy) is 11. The van der Waals surface area contributed by atoms with Gasteiger partial charge < -0.3 is 108 Å². The monoisotopic (exact) mass is 2030 g/mol. The van der Waals surface area contributed by atoms with Crippen molar-refractivity contribution in [2.75, 3.05) is 98.9 Å². The Balaban J connectivity index is 0.000000284. The largest absolute Gasteiger partial charge is 0.394 e. The molecule has 0 spiro atoms. The second kappa shape index (κ2) is 60.4. The van der Waals surface area contributed by atoms with Gasteiger partial charge in [-0.1, -0.05) is 187 Å². The molecule has 11 rings (SSSR count). The first-order valence-corrected chi connectivity index (χ1v) is 61.0. The van der Waals surface area contributed by atoms with Crippen molar-refractivity contribution in [3.8, 4) is 0 Å². The van der Waals surface area contributed by atoms with Crippen molar-refractivity contribution < 1.29 is 117 Å². The Morgan fingerprint density at radius 2 is 0.504 bits per heavy atom. The zero-order valence-electron chi connectivity index (χ0n) is 92.3. The first-order valence-electron chi connectivity index (χ1n) is 53.1. The Morgan fingerprint density at radius 3 is 0.756 bits per heavy atom. The molecule has 11 aliphatic heterocycles. The van der Waals surface area contributed by atoms with Gasteiger partial charge in [0.2, 0.25) is 0 Å². The molecule has 0 aliphatic carbocycles. The van der Waals surface area contributed by atoms with Gasteiger partial charge in [-0.2, -0.15) is 0 Å². The van der Waals surface area contributed by atoms with Crippen molar-refractivity contribution in [1.29, 1.82) is 0 Å². The van der Waals surface area contributed by atoms with Crippen molar-refractivity contribution in [1.82, 2.24) is 14.0 Å². The molecule has 135 heavy (non-hydrogen) atoms. The smallest absolute Gasteiger partial charge is 0.328 e. The average Bonchev–Trinajstić information content (AvgIpc) is 1.69. The Bertz CT molecular complexity index is 3180. The summed E-state index contributed by atoms with van der Waals surface area (Å²) in [6.07, 6.45) is 7.67. The lowest BCUT2D eigenvalue weighted by molar-refractivity contribution is -0.00608. The molecule has 26 unspecified atom stereocenters. The van der Waals surface area contributed by atoms with Crippen LogP contribution >= 0.6 is 40.5 Å². The van der Waals surface area contributed by atoms with E-state index in [-0.39, 0.29) is 172 Å². The number of nitrogens with zero attached hydrogens (tertiary/aromatic N) is 3. The predicted octanol–water partition coefficient (Wildman–Crippen LogP) is 22.2. The maximum atomic E-state index is 12.7. The van der Waals surface area contributed by atoms with Crippen LogP contribution in [-0.4, -0.2) is 299 Å². The Hall–Kier alpha value is 0.710. The lowest BCUT2D eigenvalue weighted by Crippen LogP contribution is -2.35. The zero-order chi connectivity index (χ0) is 102. The van der Waals surface area contributed by atoms with E-state index in [1.807, 2.05) is 41.3 Å². The molecule has 11 fully saturated rings. The molecule has 0 bridgehead atoms. The minimum absolute atomic E-state index is 0.0186. The molecular weight excluding hydrogens is 1820 g/mol. The number of hydrogen-bond acceptors (Lipinski definition) is 28. The molecule has 802 valence electrons. The fourth-order valence-electron chi connectivity index (χ4n) is 21.1. The summed E-state index contributed by atoms with van der Waals surface area (Å²) < 4.78 is 152. The molecule has 0 aromatic rings. The van der Waals surface area contributed by atoms with E-state index in [0.717, 1.165) is 71.4 Å². The van der Waals surface area contributed by atoms with E-state index in [1.54, 1.807) is 6.66 Å². The van der Waals surface area contributed by atoms with E-state index in [2.05, 4.69) is 242 Å². The summed E-state index contributed by atoms with van der Waals surface area (Å²) in [7, 11) is -9.03. The molecule has 0 amide bonds. The first-order chi connectivity index (χ1) is 63.4. The number of aliphatic hydroxyl groups excluding tert-OH is 3. The summed E-state index contributed by atoms with van der Waals surface area (Å²) in [6.45, 7) is 94.4. The van der Waals surface area contributed by atoms with Gasteiger partial charge in [0.05, 0.1) is 211 Å². The van der Waals surface area contributed by atoms with Crippen LogP contribution in [0.1, 0.15) is 295 Å². The Labute approximate surface area is 827 Å². The van der Waals surface area contributed by atoms with E-state index < -0.39 is 40.5 Å². The maximum absolute atomic E-state index is 12.7. The van der Waals surface area contributed by atoms with Gasteiger partial charge in [0.25, 0.3) is 8.53 Å². The van der Waals surface area contributed by atoms with E-state index in [9.17, 15) is 19.3 Å². The Kier molecular flexibility index (Phi) is 56.4. The summed E-state index contributed by atoms with van der Waals surface area (Å²) in [6, 6.07) is 0. The molecule has 28 nitrogen and oxygen atoms in total. The Morgan fingerprint density at radius 1 is 0.267 bits per heavy atom. The van der Waals surface area contributed by atoms with Crippen molar-refractivity contribution in [3.05, 3.63) is 0 Å². The van der Waals surface area contributed by atoms with Gasteiger partial charge in [-0.3, -0.25) is 9.13 Å². The summed E-state index contributed by atoms with van der Waals surface area (Å²) in [5.74, 6) is 6.74. The van der Waals surface area contributed by atoms with Crippen molar-refractivity contribution in [3.63, 3.8) is 0 Å². The van der Waals surface area contributed by atoms with Gasteiger partial charge >= 0.3 is 15.2 Å². The van der Waals surface area contributed by atoms with E-state index in [0.29, 0.717) is 133 Å². The molecule has 0 radical (unpaired) electrons. The van der Waals surface area contributed by atoms with Crippen molar-refractivity contribution >= 4 is 40.5 Å². The lowest BCUT2D eigenvalue weighted by Gasteiger charge is -2.38. The highest BCUT2D eigenvalue weighted by Crippen LogP contribution is 2.55. The number of rotatable bonds is 38. The number of aliphatic hydroxyl groups is 3. The summed E-state index contributed by atoms with van der Waals surface area (Å²) >= 11 is 0. The third kappa shape index (κ3) is 35.4. The van der Waals surface area contributed by atoms with E-state index >= 15 is 0 Å². The van der Waals surface area contributed by atoms with Crippen LogP contribution in [0.3, 0.4) is 0 Å². The number of hydrogen-bond donors (Lipinski definition) is 3. The summed E-state index contributed by atoms with van der Waals surface area (Å²) in [5.41, 5.74) is 0. The van der Waals surface area contributed by atoms with Gasteiger partial charge in [-0.05, 0) is 167 Å². The first kappa shape index (κ1) is 126. The molecule has 33 heteroatoms. The highest BCUT2D eigenvalue weighted by atomic mass is 31.2. The molecule has 11 saturated heterocycles. The minimum Gasteiger partial charge on any atom is -0.394 e. The molecule has 0 aromatic heterocycles. The third-order valence-corrected chi connectivity index (χ3v) is 40.7. The SMILES string of the molecule is CC1C(C)[C@@H](CO)O[C@H]1C.CC1C(C)[C@@H](COP(C)(=O)OC2C(C)[C@@H](CO)O[C@H]2C)O[C@H]1C.CC[C@H]1O[C@@H](C)C(O)C1C.CC[C@H]1O[C@@H](C)C(OP(C)(=O)OC[C@H]2O[C@@H](C)C(C)C2C)C1C.CC[C@H]1O[C@@H](C)C(OP(C)OC[C@H]2O[C@@H](C)C(C)C2C)C1C.CC[C@H]1O[C@@H](C)C(OP(N(CC)CC)N(CC)CC)C1C.CC[C@H]1O[C@@H](C)C(OP(OC[C@H]2O[C@@H](C)C(C)C2C)N(CC)CC)C1C. The van der Waals surface area contributed by atoms with Crippen LogP contribution in [-0.2, 0) is 102 Å². The van der Waals surface area contributed by atoms with Gasteiger partial charge in [-0.25, -0.2) is 14.0 Å². The van der Waals surface area contributed by atoms with Crippen LogP contribution in [0.15, 0.2) is 0 Å². The van der Waals surface area contributed by atoms with Gasteiger partial charge in [-0.15, -0.1) is 0 Å². The molecular formula is C102H204N3O25P5. The van der Waals surface area contributed by atoms with Crippen molar-refractivity contribution in [2.45, 2.75) is 466 Å². The molecule has 0 saturated carbocycles. The second-order valence-electron chi connectivity index (χ2n) is 41.7. The highest BCUT2D eigenvalue weighted by molar-refractivity contribution is 7.53. The van der Waals surface area contributed by atoms with E-state index in [1.165, 1.54) is 6.66 Å². The van der Waals surface area contributed by atoms with Crippen molar-refractivity contribution in [2.24, 2.45) is 94.7 Å². The van der Waals surface area contributed by atoms with Crippen LogP contribution < -0.4 is 0 Å². The fraction of sp³-hybridized carbons (Fsp3) is 1.00. The molecule has 11 aliphatic rings. The third-order valence-electron chi connectivity index (χ3n) is 32.8. The van der Waals surface area contributed by atoms with Gasteiger partial charge in [0, 0.05) is 94.8 Å². The van der Waals surface area contributed by atoms with Crippen LogP contribution in [0.4, 0.5) is 0 Å². The topological polar surface area (TPSA) is 289 Å². The lowest BCUT2D eigenvalue weighted by atomic mass is 9.91. The maximum Gasteiger partial charge on any atom is 0.328 e. The van der Waals surface area contributed by atoms with Crippen LogP contribution in [0.25, 0.3) is 0 Å². The normalized spacial score (nSPS) is 43.5. The molecule has 3 N–H and O–H groups in total. The minimum atomic E-state index is -3.21. The molecule has 48 atom stereocenters. The second-order valence-corrected chi connectivity index (χ2v) is 50.5. The van der Waals surface area contributed by atoms with Crippen LogP contribution in [0.2, 0.25) is 0 Å². The van der Waals surface area contributed by atoms with Crippen LogP contribution in [0, 0.1) is 94.7 Å². The van der Waals surface area contributed by atoms with Crippen LogP contribution in [0.5, 0.6) is 0 Å². The highest BCUT2D eigenvalue weighted by Gasteiger charge is 2.51. The van der Waals surface area contributed by atoms with E-state index in [4.69, 9.17) is 97.9 Å². The molecule has 0 aromatic carbocycles. The average molecular weight is 2030 g/mol. The fourth-order valence-corrected chi connectivity index (χ4v) is 28.6. The molecule has 11 heterocycles. The zero-order valence-corrected chi connectivity index (χ0v) is 96.8. The quantitative estimate of drug-likeness (QED) is 0.0484. The van der Waals surface area contributed by atoms with Gasteiger partial charge in [0.15, 0.2) is 16.8 Å². The summed E-state index contributed by atoms with van der Waals surface area (Å²) in [5, 5.41) is 27.6. The summed E-state index contributed by atoms with van der Waals surface area (Å²) in [4.78, 5) is 0. The predicted molar refractivity (Wildman–Crippen MR) is 547 cm³/mol.